The summed E-state index contributed by atoms with van der Waals surface area (Å²) in [5, 5.41) is 11.4. The molecular formula is C17H20N2O2. The summed E-state index contributed by atoms with van der Waals surface area (Å²) < 4.78 is 0. The molecule has 0 aliphatic rings. The van der Waals surface area contributed by atoms with Gasteiger partial charge in [0, 0.05) is 18.8 Å². The van der Waals surface area contributed by atoms with Gasteiger partial charge in [0.1, 0.15) is 5.69 Å². The Kier molecular flexibility index (Phi) is 3.98. The van der Waals surface area contributed by atoms with Crippen molar-refractivity contribution in [2.24, 2.45) is 0 Å². The van der Waals surface area contributed by atoms with Crippen molar-refractivity contribution in [2.75, 3.05) is 11.9 Å². The highest BCUT2D eigenvalue weighted by Crippen LogP contribution is 2.36. The molecule has 0 atom stereocenters. The average molecular weight is 284 g/mol. The molecule has 0 fully saturated rings. The number of rotatable bonds is 3. The van der Waals surface area contributed by atoms with Gasteiger partial charge in [-0.05, 0) is 29.2 Å². The van der Waals surface area contributed by atoms with Gasteiger partial charge in [0.2, 0.25) is 0 Å². The minimum Gasteiger partial charge on any atom is -0.339 e. The molecule has 0 radical (unpaired) electrons. The maximum atomic E-state index is 11.4. The van der Waals surface area contributed by atoms with Crippen molar-refractivity contribution in [3.63, 3.8) is 0 Å². The maximum Gasteiger partial charge on any atom is 0.293 e. The number of benzene rings is 2. The van der Waals surface area contributed by atoms with E-state index < -0.39 is 0 Å². The van der Waals surface area contributed by atoms with Crippen LogP contribution in [0.5, 0.6) is 0 Å². The molecule has 0 heterocycles. The summed E-state index contributed by atoms with van der Waals surface area (Å²) in [7, 11) is 1.84. The van der Waals surface area contributed by atoms with Gasteiger partial charge in [-0.2, -0.15) is 0 Å². The Hall–Kier alpha value is -2.36. The van der Waals surface area contributed by atoms with E-state index in [0.717, 1.165) is 11.3 Å². The monoisotopic (exact) mass is 284 g/mol. The van der Waals surface area contributed by atoms with E-state index in [1.165, 1.54) is 0 Å². The Bertz CT molecular complexity index is 646. The minimum atomic E-state index is -0.315. The highest BCUT2D eigenvalue weighted by atomic mass is 16.6. The average Bonchev–Trinajstić information content (AvgIpc) is 2.45. The number of nitrogens with zero attached hydrogens (tertiary/aromatic N) is 2. The first kappa shape index (κ1) is 15.0. The van der Waals surface area contributed by atoms with E-state index in [9.17, 15) is 10.1 Å². The topological polar surface area (TPSA) is 46.4 Å². The number of nitro benzene ring substituents is 1. The van der Waals surface area contributed by atoms with Gasteiger partial charge < -0.3 is 4.90 Å². The van der Waals surface area contributed by atoms with Crippen LogP contribution in [0, 0.1) is 10.1 Å². The van der Waals surface area contributed by atoms with Crippen LogP contribution in [-0.2, 0) is 5.41 Å². The molecule has 0 spiro atoms. The lowest BCUT2D eigenvalue weighted by atomic mass is 9.86. The lowest BCUT2D eigenvalue weighted by Gasteiger charge is -2.23. The summed E-state index contributed by atoms with van der Waals surface area (Å²) in [4.78, 5) is 12.9. The van der Waals surface area contributed by atoms with Crippen molar-refractivity contribution in [1.29, 1.82) is 0 Å². The SMILES string of the molecule is CN(c1ccccc1)c1ccc(C(C)(C)C)cc1[N+](=O)[O-]. The van der Waals surface area contributed by atoms with E-state index >= 15 is 0 Å². The fraction of sp³-hybridized carbons (Fsp3) is 0.294. The first-order valence-electron chi connectivity index (χ1n) is 6.88. The minimum absolute atomic E-state index is 0.116. The molecular weight excluding hydrogens is 264 g/mol. The summed E-state index contributed by atoms with van der Waals surface area (Å²) in [5.41, 5.74) is 2.49. The summed E-state index contributed by atoms with van der Waals surface area (Å²) in [6, 6.07) is 15.1. The molecule has 4 nitrogen and oxygen atoms in total. The van der Waals surface area contributed by atoms with Crippen LogP contribution < -0.4 is 4.90 Å². The molecule has 0 unspecified atom stereocenters. The fourth-order valence-electron chi connectivity index (χ4n) is 2.21. The van der Waals surface area contributed by atoms with Gasteiger partial charge in [0.25, 0.3) is 5.69 Å². The summed E-state index contributed by atoms with van der Waals surface area (Å²) in [6.07, 6.45) is 0. The normalized spacial score (nSPS) is 11.2. The van der Waals surface area contributed by atoms with Crippen LogP contribution in [-0.4, -0.2) is 12.0 Å². The first-order chi connectivity index (χ1) is 9.80. The van der Waals surface area contributed by atoms with Crippen LogP contribution in [0.25, 0.3) is 0 Å². The Labute approximate surface area is 125 Å². The predicted octanol–water partition coefficient (Wildman–Crippen LogP) is 4.66. The third-order valence-corrected chi connectivity index (χ3v) is 3.54. The number of hydrogen-bond acceptors (Lipinski definition) is 3. The van der Waals surface area contributed by atoms with Gasteiger partial charge in [-0.15, -0.1) is 0 Å². The third kappa shape index (κ3) is 3.21. The summed E-state index contributed by atoms with van der Waals surface area (Å²) in [6.45, 7) is 6.14. The molecule has 4 heteroatoms. The second kappa shape index (κ2) is 5.56. The highest BCUT2D eigenvalue weighted by molar-refractivity contribution is 5.72. The van der Waals surface area contributed by atoms with Crippen LogP contribution in [0.2, 0.25) is 0 Å². The zero-order valence-corrected chi connectivity index (χ0v) is 12.8. The van der Waals surface area contributed by atoms with Crippen LogP contribution in [0.15, 0.2) is 48.5 Å². The van der Waals surface area contributed by atoms with Crippen molar-refractivity contribution in [3.05, 3.63) is 64.2 Å². The summed E-state index contributed by atoms with van der Waals surface area (Å²) >= 11 is 0. The van der Waals surface area contributed by atoms with Gasteiger partial charge in [0.05, 0.1) is 4.92 Å². The fourth-order valence-corrected chi connectivity index (χ4v) is 2.21. The predicted molar refractivity (Wildman–Crippen MR) is 86.3 cm³/mol. The molecule has 0 N–H and O–H groups in total. The Morgan fingerprint density at radius 2 is 1.67 bits per heavy atom. The summed E-state index contributed by atoms with van der Waals surface area (Å²) in [5.74, 6) is 0. The number of para-hydroxylation sites is 1. The molecule has 0 aliphatic heterocycles. The largest absolute Gasteiger partial charge is 0.339 e. The van der Waals surface area contributed by atoms with Gasteiger partial charge in [-0.1, -0.05) is 45.0 Å². The van der Waals surface area contributed by atoms with E-state index in [2.05, 4.69) is 0 Å². The molecule has 0 aromatic heterocycles. The number of hydrogen-bond donors (Lipinski definition) is 0. The van der Waals surface area contributed by atoms with Gasteiger partial charge in [-0.25, -0.2) is 0 Å². The lowest BCUT2D eigenvalue weighted by Crippen LogP contribution is -2.15. The Balaban J connectivity index is 2.51. The Morgan fingerprint density at radius 1 is 1.05 bits per heavy atom. The molecule has 2 aromatic carbocycles. The van der Waals surface area contributed by atoms with E-state index in [1.807, 2.05) is 75.2 Å². The van der Waals surface area contributed by atoms with Crippen LogP contribution >= 0.6 is 0 Å². The second-order valence-electron chi connectivity index (χ2n) is 6.11. The van der Waals surface area contributed by atoms with Gasteiger partial charge in [-0.3, -0.25) is 10.1 Å². The lowest BCUT2D eigenvalue weighted by molar-refractivity contribution is -0.384. The van der Waals surface area contributed by atoms with Crippen molar-refractivity contribution >= 4 is 17.1 Å². The molecule has 2 aromatic rings. The van der Waals surface area contributed by atoms with Crippen molar-refractivity contribution in [3.8, 4) is 0 Å². The van der Waals surface area contributed by atoms with Crippen LogP contribution in [0.1, 0.15) is 26.3 Å². The molecule has 110 valence electrons. The molecule has 2 rings (SSSR count). The Morgan fingerprint density at radius 3 is 2.19 bits per heavy atom. The highest BCUT2D eigenvalue weighted by Gasteiger charge is 2.23. The van der Waals surface area contributed by atoms with Crippen LogP contribution in [0.3, 0.4) is 0 Å². The zero-order valence-electron chi connectivity index (χ0n) is 12.8. The first-order valence-corrected chi connectivity index (χ1v) is 6.88. The van der Waals surface area contributed by atoms with E-state index in [1.54, 1.807) is 6.07 Å². The molecule has 0 amide bonds. The van der Waals surface area contributed by atoms with E-state index in [0.29, 0.717) is 5.69 Å². The molecule has 21 heavy (non-hydrogen) atoms. The maximum absolute atomic E-state index is 11.4. The smallest absolute Gasteiger partial charge is 0.293 e. The van der Waals surface area contributed by atoms with E-state index in [-0.39, 0.29) is 16.0 Å². The van der Waals surface area contributed by atoms with E-state index in [4.69, 9.17) is 0 Å². The molecule has 0 bridgehead atoms. The number of anilines is 2. The quantitative estimate of drug-likeness (QED) is 0.608. The van der Waals surface area contributed by atoms with Gasteiger partial charge >= 0.3 is 0 Å². The third-order valence-electron chi connectivity index (χ3n) is 3.54. The van der Waals surface area contributed by atoms with Crippen molar-refractivity contribution in [2.45, 2.75) is 26.2 Å². The van der Waals surface area contributed by atoms with Gasteiger partial charge in [0.15, 0.2) is 0 Å². The molecule has 0 saturated heterocycles. The second-order valence-corrected chi connectivity index (χ2v) is 6.11. The molecule has 0 saturated carbocycles. The van der Waals surface area contributed by atoms with Crippen LogP contribution in [0.4, 0.5) is 17.1 Å². The number of nitro groups is 1. The molecule has 0 aliphatic carbocycles. The standard InChI is InChI=1S/C17H20N2O2/c1-17(2,3)13-10-11-15(16(12-13)19(20)21)18(4)14-8-6-5-7-9-14/h5-12H,1-4H3. The van der Waals surface area contributed by atoms with Crippen molar-refractivity contribution < 1.29 is 4.92 Å². The van der Waals surface area contributed by atoms with Crippen molar-refractivity contribution in [1.82, 2.24) is 0 Å². The zero-order chi connectivity index (χ0) is 15.6.